The fourth-order valence-electron chi connectivity index (χ4n) is 5.93. The van der Waals surface area contributed by atoms with Gasteiger partial charge in [0, 0.05) is 46.7 Å². The number of benzene rings is 2. The van der Waals surface area contributed by atoms with E-state index in [1.807, 2.05) is 34.5 Å². The quantitative estimate of drug-likeness (QED) is 0.224. The smallest absolute Gasteiger partial charge is 0.319 e. The lowest BCUT2D eigenvalue weighted by Crippen LogP contribution is -2.56. The number of amides is 1. The molecule has 2 atom stereocenters. The van der Waals surface area contributed by atoms with Crippen LogP contribution in [-0.2, 0) is 4.79 Å². The van der Waals surface area contributed by atoms with E-state index in [1.54, 1.807) is 22.3 Å². The maximum absolute atomic E-state index is 15.9. The minimum Gasteiger partial charge on any atom is -0.462 e. The molecule has 2 aliphatic rings. The molecule has 0 radical (unpaired) electrons. The Morgan fingerprint density at radius 2 is 2.07 bits per heavy atom. The van der Waals surface area contributed by atoms with Gasteiger partial charge in [-0.3, -0.25) is 4.79 Å². The number of rotatable bonds is 7. The van der Waals surface area contributed by atoms with Crippen LogP contribution in [-0.4, -0.2) is 84.1 Å². The van der Waals surface area contributed by atoms with Crippen molar-refractivity contribution in [3.63, 3.8) is 0 Å². The first-order chi connectivity index (χ1) is 20.0. The van der Waals surface area contributed by atoms with Crippen LogP contribution in [0.15, 0.2) is 54.4 Å². The van der Waals surface area contributed by atoms with Gasteiger partial charge < -0.3 is 24.3 Å². The Morgan fingerprint density at radius 1 is 1.20 bits per heavy atom. The van der Waals surface area contributed by atoms with Crippen molar-refractivity contribution >= 4 is 44.1 Å². The number of hydrogen-bond donors (Lipinski definition) is 0. The van der Waals surface area contributed by atoms with Crippen molar-refractivity contribution in [2.45, 2.75) is 24.9 Å². The summed E-state index contributed by atoms with van der Waals surface area (Å²) in [4.78, 5) is 31.6. The number of thiophene rings is 1. The number of hydrogen-bond acceptors (Lipinski definition) is 7. The number of carbonyl (C=O) groups is 1. The molecule has 2 fully saturated rings. The van der Waals surface area contributed by atoms with Crippen molar-refractivity contribution < 1.29 is 13.9 Å². The van der Waals surface area contributed by atoms with Gasteiger partial charge >= 0.3 is 6.01 Å². The van der Waals surface area contributed by atoms with Gasteiger partial charge in [-0.05, 0) is 67.7 Å². The summed E-state index contributed by atoms with van der Waals surface area (Å²) in [5.41, 5.74) is 1.87. The van der Waals surface area contributed by atoms with Gasteiger partial charge in [-0.25, -0.2) is 11.0 Å². The molecule has 0 aliphatic carbocycles. The molecular weight excluding hydrogens is 539 g/mol. The Kier molecular flexibility index (Phi) is 7.56. The number of anilines is 1. The molecule has 0 unspecified atom stereocenters. The van der Waals surface area contributed by atoms with Crippen LogP contribution in [0, 0.1) is 12.4 Å². The first-order valence-electron chi connectivity index (χ1n) is 13.8. The molecule has 4 heterocycles. The topological polar surface area (TPSA) is 66.2 Å². The van der Waals surface area contributed by atoms with E-state index in [0.29, 0.717) is 48.5 Å². The van der Waals surface area contributed by atoms with Gasteiger partial charge in [0.15, 0.2) is 0 Å². The zero-order valence-corrected chi connectivity index (χ0v) is 23.7. The summed E-state index contributed by atoms with van der Waals surface area (Å²) in [5.74, 6) is -0.0148. The van der Waals surface area contributed by atoms with Crippen LogP contribution in [0.3, 0.4) is 0 Å². The Balaban J connectivity index is 1.43. The van der Waals surface area contributed by atoms with Crippen molar-refractivity contribution in [1.82, 2.24) is 19.8 Å². The summed E-state index contributed by atoms with van der Waals surface area (Å²) in [5, 5.41) is 3.57. The minimum absolute atomic E-state index is 0.152. The average Bonchev–Trinajstić information content (AvgIpc) is 3.64. The molecule has 2 aromatic heterocycles. The molecule has 0 N–H and O–H groups in total. The van der Waals surface area contributed by atoms with Crippen molar-refractivity contribution in [3.8, 4) is 17.1 Å². The van der Waals surface area contributed by atoms with E-state index in [2.05, 4.69) is 23.4 Å². The van der Waals surface area contributed by atoms with E-state index in [1.165, 1.54) is 12.1 Å². The standard InChI is InChI=1S/C31H31FN6O2S/c1-4-29(39)38-13-12-37(18-21(38)17-33-2)30-25-15-26(32)24(22-8-5-9-28-23(22)10-14-41-28)16-27(25)34-31(35-30)40-19-20-7-6-11-36(20)3/h4-5,8-10,14-16,20-21H,1,6-7,11-13,17-19H2,3H3/t20-,21-/m0/s1. The third kappa shape index (κ3) is 5.23. The number of likely N-dealkylation sites (tertiary alicyclic amines) is 1. The van der Waals surface area contributed by atoms with E-state index >= 15 is 4.39 Å². The normalized spacial score (nSPS) is 19.5. The first-order valence-corrected chi connectivity index (χ1v) is 14.7. The second-order valence-corrected chi connectivity index (χ2v) is 11.5. The highest BCUT2D eigenvalue weighted by Crippen LogP contribution is 2.37. The monoisotopic (exact) mass is 570 g/mol. The van der Waals surface area contributed by atoms with E-state index < -0.39 is 0 Å². The predicted octanol–water partition coefficient (Wildman–Crippen LogP) is 5.25. The van der Waals surface area contributed by atoms with Crippen molar-refractivity contribution in [1.29, 1.82) is 0 Å². The number of ether oxygens (including phenoxy) is 1. The Bertz CT molecular complexity index is 1670. The molecule has 41 heavy (non-hydrogen) atoms. The highest BCUT2D eigenvalue weighted by molar-refractivity contribution is 7.17. The lowest BCUT2D eigenvalue weighted by atomic mass is 9.99. The van der Waals surface area contributed by atoms with Crippen LogP contribution in [0.25, 0.3) is 37.0 Å². The summed E-state index contributed by atoms with van der Waals surface area (Å²) in [6.45, 7) is 14.0. The summed E-state index contributed by atoms with van der Waals surface area (Å²) in [6.07, 6.45) is 3.46. The zero-order valence-electron chi connectivity index (χ0n) is 22.9. The van der Waals surface area contributed by atoms with Crippen LogP contribution in [0.2, 0.25) is 0 Å². The van der Waals surface area contributed by atoms with Gasteiger partial charge in [-0.15, -0.1) is 11.3 Å². The highest BCUT2D eigenvalue weighted by Gasteiger charge is 2.33. The van der Waals surface area contributed by atoms with Gasteiger partial charge in [-0.2, -0.15) is 9.97 Å². The van der Waals surface area contributed by atoms with E-state index in [0.717, 1.165) is 35.0 Å². The van der Waals surface area contributed by atoms with Crippen molar-refractivity contribution in [2.75, 3.05) is 51.3 Å². The SMILES string of the molecule is [C-]#[N+]C[C@H]1CN(c2nc(OC[C@@H]3CCCN3C)nc3cc(-c4cccc5sccc45)c(F)cc23)CCN1C(=O)C=C. The molecule has 0 saturated carbocycles. The summed E-state index contributed by atoms with van der Waals surface area (Å²) in [7, 11) is 2.09. The van der Waals surface area contributed by atoms with Gasteiger partial charge in [0.2, 0.25) is 12.5 Å². The van der Waals surface area contributed by atoms with Crippen LogP contribution in [0.4, 0.5) is 10.2 Å². The zero-order chi connectivity index (χ0) is 28.5. The average molecular weight is 571 g/mol. The summed E-state index contributed by atoms with van der Waals surface area (Å²) in [6, 6.07) is 11.4. The Labute approximate surface area is 242 Å². The molecular formula is C31H31FN6O2S. The van der Waals surface area contributed by atoms with Crippen molar-refractivity contribution in [3.05, 3.63) is 71.7 Å². The maximum atomic E-state index is 15.9. The van der Waals surface area contributed by atoms with E-state index in [4.69, 9.17) is 21.3 Å². The van der Waals surface area contributed by atoms with Crippen LogP contribution < -0.4 is 9.64 Å². The lowest BCUT2D eigenvalue weighted by molar-refractivity contribution is -0.128. The molecule has 1 amide bonds. The molecule has 0 bridgehead atoms. The number of aromatic nitrogens is 2. The molecule has 2 saturated heterocycles. The Hall–Kier alpha value is -4.07. The number of halogens is 1. The second kappa shape index (κ2) is 11.4. The van der Waals surface area contributed by atoms with Crippen LogP contribution in [0.1, 0.15) is 12.8 Å². The molecule has 10 heteroatoms. The summed E-state index contributed by atoms with van der Waals surface area (Å²) < 4.78 is 23.1. The van der Waals surface area contributed by atoms with E-state index in [9.17, 15) is 4.79 Å². The fourth-order valence-corrected chi connectivity index (χ4v) is 6.74. The molecule has 210 valence electrons. The fraction of sp³-hybridized carbons (Fsp3) is 0.355. The van der Waals surface area contributed by atoms with Gasteiger partial charge in [0.05, 0.1) is 5.52 Å². The number of nitrogens with zero attached hydrogens (tertiary/aromatic N) is 6. The number of likely N-dealkylation sites (N-methyl/N-ethyl adjacent to an activating group) is 1. The molecule has 2 aromatic carbocycles. The van der Waals surface area contributed by atoms with Crippen LogP contribution >= 0.6 is 11.3 Å². The van der Waals surface area contributed by atoms with Crippen LogP contribution in [0.5, 0.6) is 6.01 Å². The van der Waals surface area contributed by atoms with E-state index in [-0.39, 0.29) is 36.4 Å². The number of fused-ring (bicyclic) bond motifs is 2. The number of carbonyl (C=O) groups excluding carboxylic acids is 1. The minimum atomic E-state index is -0.361. The summed E-state index contributed by atoms with van der Waals surface area (Å²) >= 11 is 1.62. The predicted molar refractivity (Wildman–Crippen MR) is 161 cm³/mol. The van der Waals surface area contributed by atoms with Gasteiger partial charge in [-0.1, -0.05) is 18.7 Å². The lowest BCUT2D eigenvalue weighted by Gasteiger charge is -2.39. The molecule has 0 spiro atoms. The van der Waals surface area contributed by atoms with Crippen molar-refractivity contribution in [2.24, 2.45) is 0 Å². The first kappa shape index (κ1) is 27.1. The largest absolute Gasteiger partial charge is 0.462 e. The highest BCUT2D eigenvalue weighted by atomic mass is 32.1. The molecule has 4 aromatic rings. The maximum Gasteiger partial charge on any atom is 0.319 e. The molecule has 2 aliphatic heterocycles. The Morgan fingerprint density at radius 3 is 2.85 bits per heavy atom. The third-order valence-electron chi connectivity index (χ3n) is 8.15. The number of piperazine rings is 1. The molecule has 6 rings (SSSR count). The third-order valence-corrected chi connectivity index (χ3v) is 9.03. The molecule has 8 nitrogen and oxygen atoms in total. The van der Waals surface area contributed by atoms with Gasteiger partial charge in [0.25, 0.3) is 0 Å². The second-order valence-electron chi connectivity index (χ2n) is 10.6. The van der Waals surface area contributed by atoms with Gasteiger partial charge in [0.1, 0.15) is 24.3 Å².